The van der Waals surface area contributed by atoms with E-state index in [-0.39, 0.29) is 12.0 Å². The summed E-state index contributed by atoms with van der Waals surface area (Å²) >= 11 is 0. The van der Waals surface area contributed by atoms with Crippen molar-refractivity contribution in [3.63, 3.8) is 0 Å². The molecule has 7 heteroatoms. The zero-order chi connectivity index (χ0) is 23.8. The highest BCUT2D eigenvalue weighted by Gasteiger charge is 2.38. The molecule has 1 amide bonds. The number of carbonyl (C=O) groups excluding carboxylic acids is 1. The summed E-state index contributed by atoms with van der Waals surface area (Å²) in [5.74, 6) is -0.419. The van der Waals surface area contributed by atoms with Crippen molar-refractivity contribution in [2.45, 2.75) is 57.6 Å². The number of halogens is 1. The monoisotopic (exact) mass is 446 g/mol. The minimum absolute atomic E-state index is 0.204. The van der Waals surface area contributed by atoms with Crippen LogP contribution >= 0.6 is 0 Å². The lowest BCUT2D eigenvalue weighted by Crippen LogP contribution is -2.39. The number of aromatic nitrogens is 2. The first-order valence-electron chi connectivity index (χ1n) is 11.0. The molecular weight excluding hydrogens is 419 g/mol. The predicted octanol–water partition coefficient (Wildman–Crippen LogP) is 5.22. The number of carbonyl (C=O) groups is 1. The van der Waals surface area contributed by atoms with Crippen molar-refractivity contribution in [2.24, 2.45) is 0 Å². The Balaban J connectivity index is 1.66. The second-order valence-corrected chi connectivity index (χ2v) is 9.17. The fraction of sp³-hybridized carbons (Fsp3) is 0.346. The van der Waals surface area contributed by atoms with E-state index in [1.807, 2.05) is 4.57 Å². The normalized spacial score (nSPS) is 16.8. The van der Waals surface area contributed by atoms with Gasteiger partial charge in [-0.3, -0.25) is 10.1 Å². The van der Waals surface area contributed by atoms with Crippen molar-refractivity contribution >= 4 is 29.0 Å². The number of fused-ring (bicyclic) bond motifs is 1. The molecule has 170 valence electrons. The number of allylic oxidation sites excluding steroid dienone is 1. The quantitative estimate of drug-likeness (QED) is 0.543. The van der Waals surface area contributed by atoms with Crippen LogP contribution in [0, 0.1) is 17.1 Å². The Hall–Kier alpha value is -3.50. The third-order valence-electron chi connectivity index (χ3n) is 6.45. The van der Waals surface area contributed by atoms with Crippen LogP contribution < -0.4 is 5.32 Å². The van der Waals surface area contributed by atoms with Crippen LogP contribution in [0.1, 0.15) is 63.1 Å². The number of hydrogen-bond donors (Lipinski definition) is 2. The van der Waals surface area contributed by atoms with Crippen LogP contribution in [0.15, 0.2) is 42.5 Å². The number of anilines is 1. The van der Waals surface area contributed by atoms with Crippen LogP contribution in [-0.4, -0.2) is 20.6 Å². The molecule has 1 unspecified atom stereocenters. The average molecular weight is 447 g/mol. The molecule has 1 aromatic heterocycles. The van der Waals surface area contributed by atoms with E-state index in [9.17, 15) is 19.6 Å². The van der Waals surface area contributed by atoms with Crippen LogP contribution in [0.2, 0.25) is 0 Å². The molecule has 2 N–H and O–H groups in total. The number of nitriles is 1. The van der Waals surface area contributed by atoms with Gasteiger partial charge in [0.25, 0.3) is 0 Å². The maximum absolute atomic E-state index is 13.7. The number of rotatable bonds is 6. The molecule has 1 fully saturated rings. The molecule has 6 nitrogen and oxygen atoms in total. The molecule has 0 radical (unpaired) electrons. The minimum atomic E-state index is -1.52. The molecule has 1 saturated carbocycles. The number of aliphatic hydroxyl groups is 1. The highest BCUT2D eigenvalue weighted by atomic mass is 19.1. The summed E-state index contributed by atoms with van der Waals surface area (Å²) in [6.07, 6.45) is 6.19. The van der Waals surface area contributed by atoms with Crippen LogP contribution in [-0.2, 0) is 15.9 Å². The first-order chi connectivity index (χ1) is 15.7. The number of nitrogens with one attached hydrogen (secondary N) is 1. The highest BCUT2D eigenvalue weighted by Crippen LogP contribution is 2.43. The maximum Gasteiger partial charge on any atom is 0.229 e. The van der Waals surface area contributed by atoms with E-state index in [0.717, 1.165) is 24.8 Å². The Morgan fingerprint density at radius 2 is 2.12 bits per heavy atom. The maximum atomic E-state index is 13.7. The highest BCUT2D eigenvalue weighted by molar-refractivity contribution is 5.92. The second-order valence-electron chi connectivity index (χ2n) is 9.17. The van der Waals surface area contributed by atoms with Crippen LogP contribution in [0.5, 0.6) is 0 Å². The molecule has 3 aromatic rings. The van der Waals surface area contributed by atoms with E-state index in [0.29, 0.717) is 28.2 Å². The third-order valence-corrected chi connectivity index (χ3v) is 6.45. The Morgan fingerprint density at radius 1 is 1.36 bits per heavy atom. The molecule has 1 aliphatic carbocycles. The lowest BCUT2D eigenvalue weighted by molar-refractivity contribution is -0.120. The van der Waals surface area contributed by atoms with Crippen molar-refractivity contribution in [1.82, 2.24) is 9.55 Å². The smallest absolute Gasteiger partial charge is 0.229 e. The molecule has 0 bridgehead atoms. The molecule has 4 rings (SSSR count). The van der Waals surface area contributed by atoms with E-state index >= 15 is 0 Å². The Kier molecular flexibility index (Phi) is 5.81. The van der Waals surface area contributed by atoms with Gasteiger partial charge in [-0.05, 0) is 81.5 Å². The van der Waals surface area contributed by atoms with Gasteiger partial charge >= 0.3 is 0 Å². The fourth-order valence-corrected chi connectivity index (χ4v) is 4.61. The fourth-order valence-electron chi connectivity index (χ4n) is 4.61. The molecule has 0 saturated heterocycles. The zero-order valence-electron chi connectivity index (χ0n) is 19.0. The molecule has 1 heterocycles. The summed E-state index contributed by atoms with van der Waals surface area (Å²) in [5, 5.41) is 23.3. The van der Waals surface area contributed by atoms with Crippen LogP contribution in [0.4, 0.5) is 10.3 Å². The van der Waals surface area contributed by atoms with Crippen LogP contribution in [0.3, 0.4) is 0 Å². The van der Waals surface area contributed by atoms with Gasteiger partial charge in [-0.2, -0.15) is 5.26 Å². The SMILES string of the molecule is C/C=C/c1cc(F)ccc1C(C)(O)CC(=O)Nc1nc2ccc(C#N)cc2n1C1(C)CCC1. The molecular formula is C26H27FN4O2. The summed E-state index contributed by atoms with van der Waals surface area (Å²) < 4.78 is 15.7. The molecule has 1 atom stereocenters. The predicted molar refractivity (Wildman–Crippen MR) is 126 cm³/mol. The first kappa shape index (κ1) is 22.7. The van der Waals surface area contributed by atoms with Gasteiger partial charge in [-0.1, -0.05) is 18.2 Å². The molecule has 2 aromatic carbocycles. The van der Waals surface area contributed by atoms with Gasteiger partial charge in [0.1, 0.15) is 5.82 Å². The number of nitrogens with zero attached hydrogens (tertiary/aromatic N) is 3. The van der Waals surface area contributed by atoms with Gasteiger partial charge in [-0.25, -0.2) is 9.37 Å². The van der Waals surface area contributed by atoms with E-state index in [2.05, 4.69) is 23.3 Å². The lowest BCUT2D eigenvalue weighted by atomic mass is 9.78. The molecule has 1 aliphatic rings. The minimum Gasteiger partial charge on any atom is -0.385 e. The van der Waals surface area contributed by atoms with Gasteiger partial charge in [0.15, 0.2) is 0 Å². The Labute approximate surface area is 192 Å². The van der Waals surface area contributed by atoms with Gasteiger partial charge < -0.3 is 9.67 Å². The molecule has 0 aliphatic heterocycles. The van der Waals surface area contributed by atoms with Crippen molar-refractivity contribution in [3.8, 4) is 6.07 Å². The van der Waals surface area contributed by atoms with Gasteiger partial charge in [0.05, 0.1) is 34.7 Å². The van der Waals surface area contributed by atoms with E-state index < -0.39 is 17.3 Å². The number of hydrogen-bond acceptors (Lipinski definition) is 4. The first-order valence-corrected chi connectivity index (χ1v) is 11.0. The van der Waals surface area contributed by atoms with Crippen molar-refractivity contribution in [1.29, 1.82) is 5.26 Å². The Morgan fingerprint density at radius 3 is 2.76 bits per heavy atom. The van der Waals surface area contributed by atoms with Crippen molar-refractivity contribution in [2.75, 3.05) is 5.32 Å². The third kappa shape index (κ3) is 4.27. The largest absolute Gasteiger partial charge is 0.385 e. The van der Waals surface area contributed by atoms with Gasteiger partial charge in [0.2, 0.25) is 11.9 Å². The zero-order valence-corrected chi connectivity index (χ0v) is 19.0. The summed E-state index contributed by atoms with van der Waals surface area (Å²) in [6, 6.07) is 11.6. The number of amides is 1. The topological polar surface area (TPSA) is 90.9 Å². The molecule has 33 heavy (non-hydrogen) atoms. The summed E-state index contributed by atoms with van der Waals surface area (Å²) in [5.41, 5.74) is 1.29. The van der Waals surface area contributed by atoms with Crippen molar-refractivity contribution in [3.05, 3.63) is 65.0 Å². The standard InChI is InChI=1S/C26H27FN4O2/c1-4-6-18-14-19(27)8-9-20(18)26(3,33)15-23(32)30-24-29-21-10-7-17(16-28)13-22(21)31(24)25(2)11-5-12-25/h4,6-10,13-14,33H,5,11-12,15H2,1-3H3,(H,29,30,32)/b6-4+. The molecule has 0 spiro atoms. The van der Waals surface area contributed by atoms with Crippen LogP contribution in [0.25, 0.3) is 17.1 Å². The summed E-state index contributed by atoms with van der Waals surface area (Å²) in [4.78, 5) is 17.7. The lowest BCUT2D eigenvalue weighted by Gasteiger charge is -2.41. The summed E-state index contributed by atoms with van der Waals surface area (Å²) in [6.45, 7) is 5.46. The van der Waals surface area contributed by atoms with Crippen molar-refractivity contribution < 1.29 is 14.3 Å². The van der Waals surface area contributed by atoms with Gasteiger partial charge in [0, 0.05) is 5.54 Å². The Bertz CT molecular complexity index is 1300. The van der Waals surface area contributed by atoms with Gasteiger partial charge in [-0.15, -0.1) is 0 Å². The number of benzene rings is 2. The van der Waals surface area contributed by atoms with E-state index in [1.54, 1.807) is 44.2 Å². The average Bonchev–Trinajstić information content (AvgIpc) is 3.08. The van der Waals surface area contributed by atoms with E-state index in [4.69, 9.17) is 0 Å². The summed E-state index contributed by atoms with van der Waals surface area (Å²) in [7, 11) is 0. The number of imidazole rings is 1. The van der Waals surface area contributed by atoms with E-state index in [1.165, 1.54) is 18.2 Å². The second kappa shape index (κ2) is 8.45.